The lowest BCUT2D eigenvalue weighted by Crippen LogP contribution is -2.38. The minimum Gasteiger partial charge on any atom is -0.443 e. The Balaban J connectivity index is 0.00000576. The fourth-order valence-electron chi connectivity index (χ4n) is 1.84. The standard InChI is InChI=1S/C17H32N4O3.HI/c1-6-18-16(19-8-7-9-23-11-10-22-5)21-13-15-20-12-14(24-15)17(2,3)4;/h12H,6-11,13H2,1-5H3,(H2,18,19,21);1H. The van der Waals surface area contributed by atoms with Crippen LogP contribution >= 0.6 is 24.0 Å². The highest BCUT2D eigenvalue weighted by Gasteiger charge is 2.18. The van der Waals surface area contributed by atoms with E-state index in [0.717, 1.165) is 31.2 Å². The summed E-state index contributed by atoms with van der Waals surface area (Å²) in [5, 5.41) is 6.49. The molecule has 1 aromatic heterocycles. The SMILES string of the molecule is CCNC(=NCc1ncc(C(C)(C)C)o1)NCCCOCCOC.I. The summed E-state index contributed by atoms with van der Waals surface area (Å²) in [6.07, 6.45) is 2.68. The van der Waals surface area contributed by atoms with Crippen LogP contribution in [0.1, 0.15) is 45.8 Å². The van der Waals surface area contributed by atoms with Crippen molar-refractivity contribution < 1.29 is 13.9 Å². The Morgan fingerprint density at radius 3 is 2.60 bits per heavy atom. The summed E-state index contributed by atoms with van der Waals surface area (Å²) in [5.41, 5.74) is -0.0411. The summed E-state index contributed by atoms with van der Waals surface area (Å²) in [6, 6.07) is 0. The molecule has 0 aromatic carbocycles. The maximum absolute atomic E-state index is 5.75. The molecular weight excluding hydrogens is 435 g/mol. The van der Waals surface area contributed by atoms with Gasteiger partial charge < -0.3 is 24.5 Å². The largest absolute Gasteiger partial charge is 0.443 e. The molecule has 25 heavy (non-hydrogen) atoms. The summed E-state index contributed by atoms with van der Waals surface area (Å²) in [5.74, 6) is 2.25. The van der Waals surface area contributed by atoms with Crippen molar-refractivity contribution in [3.63, 3.8) is 0 Å². The Morgan fingerprint density at radius 1 is 1.24 bits per heavy atom. The van der Waals surface area contributed by atoms with Crippen LogP contribution in [0.25, 0.3) is 0 Å². The maximum Gasteiger partial charge on any atom is 0.216 e. The number of hydrogen-bond acceptors (Lipinski definition) is 5. The number of aromatic nitrogens is 1. The monoisotopic (exact) mass is 468 g/mol. The third-order valence-electron chi connectivity index (χ3n) is 3.20. The van der Waals surface area contributed by atoms with Crippen LogP contribution in [0.3, 0.4) is 0 Å². The fraction of sp³-hybridized carbons (Fsp3) is 0.765. The molecule has 0 aliphatic rings. The lowest BCUT2D eigenvalue weighted by atomic mass is 9.94. The number of rotatable bonds is 10. The van der Waals surface area contributed by atoms with Crippen LogP contribution in [0.5, 0.6) is 0 Å². The van der Waals surface area contributed by atoms with E-state index in [-0.39, 0.29) is 29.4 Å². The third-order valence-corrected chi connectivity index (χ3v) is 3.20. The second-order valence-corrected chi connectivity index (χ2v) is 6.45. The maximum atomic E-state index is 5.75. The summed E-state index contributed by atoms with van der Waals surface area (Å²) in [6.45, 7) is 12.3. The highest BCUT2D eigenvalue weighted by Crippen LogP contribution is 2.22. The van der Waals surface area contributed by atoms with Crippen molar-refractivity contribution in [2.24, 2.45) is 4.99 Å². The van der Waals surface area contributed by atoms with Gasteiger partial charge in [0.2, 0.25) is 5.89 Å². The summed E-state index contributed by atoms with van der Waals surface area (Å²) < 4.78 is 16.1. The summed E-state index contributed by atoms with van der Waals surface area (Å²) >= 11 is 0. The average Bonchev–Trinajstić information content (AvgIpc) is 3.01. The van der Waals surface area contributed by atoms with Crippen molar-refractivity contribution in [2.75, 3.05) is 40.0 Å². The number of guanidine groups is 1. The normalized spacial score (nSPS) is 12.0. The zero-order valence-corrected chi connectivity index (χ0v) is 18.4. The Morgan fingerprint density at radius 2 is 2.00 bits per heavy atom. The molecule has 0 saturated heterocycles. The molecule has 0 aliphatic carbocycles. The topological polar surface area (TPSA) is 80.9 Å². The van der Waals surface area contributed by atoms with Crippen molar-refractivity contribution in [2.45, 2.75) is 46.1 Å². The first-order valence-electron chi connectivity index (χ1n) is 8.51. The molecule has 0 unspecified atom stereocenters. The van der Waals surface area contributed by atoms with Gasteiger partial charge in [0, 0.05) is 32.2 Å². The first-order valence-corrected chi connectivity index (χ1v) is 8.51. The molecular formula is C17H33IN4O3. The van der Waals surface area contributed by atoms with Gasteiger partial charge in [-0.05, 0) is 13.3 Å². The van der Waals surface area contributed by atoms with Crippen LogP contribution in [-0.2, 0) is 21.4 Å². The van der Waals surface area contributed by atoms with Gasteiger partial charge in [0.1, 0.15) is 12.3 Å². The Hall–Kier alpha value is -0.870. The van der Waals surface area contributed by atoms with Gasteiger partial charge in [0.05, 0.1) is 19.4 Å². The number of oxazole rings is 1. The van der Waals surface area contributed by atoms with Crippen LogP contribution in [0.2, 0.25) is 0 Å². The van der Waals surface area contributed by atoms with Gasteiger partial charge in [-0.1, -0.05) is 20.8 Å². The molecule has 146 valence electrons. The molecule has 2 N–H and O–H groups in total. The van der Waals surface area contributed by atoms with Gasteiger partial charge in [-0.15, -0.1) is 24.0 Å². The third kappa shape index (κ3) is 10.7. The Kier molecular flexibility index (Phi) is 12.9. The van der Waals surface area contributed by atoms with Gasteiger partial charge >= 0.3 is 0 Å². The van der Waals surface area contributed by atoms with Crippen molar-refractivity contribution in [1.29, 1.82) is 0 Å². The quantitative estimate of drug-likeness (QED) is 0.238. The number of nitrogens with zero attached hydrogens (tertiary/aromatic N) is 2. The van der Waals surface area contributed by atoms with Crippen molar-refractivity contribution >= 4 is 29.9 Å². The highest BCUT2D eigenvalue weighted by molar-refractivity contribution is 14.0. The Bertz CT molecular complexity index is 486. The molecule has 0 bridgehead atoms. The number of hydrogen-bond donors (Lipinski definition) is 2. The van der Waals surface area contributed by atoms with Crippen LogP contribution in [-0.4, -0.2) is 51.0 Å². The van der Waals surface area contributed by atoms with Gasteiger partial charge in [-0.25, -0.2) is 9.98 Å². The average molecular weight is 468 g/mol. The molecule has 8 heteroatoms. The molecule has 7 nitrogen and oxygen atoms in total. The summed E-state index contributed by atoms with van der Waals surface area (Å²) in [4.78, 5) is 8.80. The molecule has 1 aromatic rings. The first kappa shape index (κ1) is 24.1. The first-order chi connectivity index (χ1) is 11.5. The van der Waals surface area contributed by atoms with E-state index in [1.165, 1.54) is 0 Å². The van der Waals surface area contributed by atoms with Crippen molar-refractivity contribution in [3.8, 4) is 0 Å². The lowest BCUT2D eigenvalue weighted by molar-refractivity contribution is 0.0698. The van der Waals surface area contributed by atoms with Gasteiger partial charge in [0.15, 0.2) is 5.96 Å². The van der Waals surface area contributed by atoms with E-state index in [9.17, 15) is 0 Å². The minimum atomic E-state index is -0.0411. The molecule has 1 rings (SSSR count). The second kappa shape index (κ2) is 13.3. The van der Waals surface area contributed by atoms with E-state index in [1.807, 2.05) is 6.92 Å². The van der Waals surface area contributed by atoms with Crippen molar-refractivity contribution in [1.82, 2.24) is 15.6 Å². The van der Waals surface area contributed by atoms with E-state index < -0.39 is 0 Å². The Labute approximate surface area is 168 Å². The predicted molar refractivity (Wildman–Crippen MR) is 111 cm³/mol. The van der Waals surface area contributed by atoms with Gasteiger partial charge in [-0.3, -0.25) is 0 Å². The zero-order chi connectivity index (χ0) is 17.8. The molecule has 1 heterocycles. The van der Waals surface area contributed by atoms with E-state index in [1.54, 1.807) is 13.3 Å². The zero-order valence-electron chi connectivity index (χ0n) is 16.1. The van der Waals surface area contributed by atoms with Crippen LogP contribution in [0, 0.1) is 0 Å². The number of ether oxygens (including phenoxy) is 2. The number of aliphatic imine (C=N–C) groups is 1. The molecule has 0 radical (unpaired) electrons. The van der Waals surface area contributed by atoms with Crippen LogP contribution < -0.4 is 10.6 Å². The lowest BCUT2D eigenvalue weighted by Gasteiger charge is -2.13. The molecule has 0 amide bonds. The second-order valence-electron chi connectivity index (χ2n) is 6.45. The molecule has 0 spiro atoms. The number of methoxy groups -OCH3 is 1. The van der Waals surface area contributed by atoms with E-state index in [4.69, 9.17) is 13.9 Å². The van der Waals surface area contributed by atoms with Gasteiger partial charge in [0.25, 0.3) is 0 Å². The van der Waals surface area contributed by atoms with E-state index >= 15 is 0 Å². The van der Waals surface area contributed by atoms with Crippen LogP contribution in [0.15, 0.2) is 15.6 Å². The number of halogens is 1. The smallest absolute Gasteiger partial charge is 0.216 e. The fourth-order valence-corrected chi connectivity index (χ4v) is 1.84. The molecule has 0 fully saturated rings. The van der Waals surface area contributed by atoms with E-state index in [2.05, 4.69) is 41.4 Å². The molecule has 0 atom stereocenters. The summed E-state index contributed by atoms with van der Waals surface area (Å²) in [7, 11) is 1.67. The highest BCUT2D eigenvalue weighted by atomic mass is 127. The minimum absolute atomic E-state index is 0. The predicted octanol–water partition coefficient (Wildman–Crippen LogP) is 2.70. The van der Waals surface area contributed by atoms with Gasteiger partial charge in [-0.2, -0.15) is 0 Å². The van der Waals surface area contributed by atoms with E-state index in [0.29, 0.717) is 32.3 Å². The van der Waals surface area contributed by atoms with Crippen LogP contribution in [0.4, 0.5) is 0 Å². The molecule has 0 aliphatic heterocycles. The molecule has 0 saturated carbocycles. The van der Waals surface area contributed by atoms with Crippen molar-refractivity contribution in [3.05, 3.63) is 17.8 Å². The number of nitrogens with one attached hydrogen (secondary N) is 2.